The molecule has 23 heavy (non-hydrogen) atoms. The highest BCUT2D eigenvalue weighted by molar-refractivity contribution is 5.93. The molecule has 0 unspecified atom stereocenters. The van der Waals surface area contributed by atoms with Crippen LogP contribution in [0, 0.1) is 0 Å². The highest BCUT2D eigenvalue weighted by Crippen LogP contribution is 2.30. The zero-order valence-electron chi connectivity index (χ0n) is 12.6. The molecule has 0 aliphatic carbocycles. The molecule has 0 fully saturated rings. The van der Waals surface area contributed by atoms with Crippen LogP contribution in [-0.2, 0) is 6.18 Å². The van der Waals surface area contributed by atoms with Crippen molar-refractivity contribution in [3.8, 4) is 0 Å². The zero-order valence-corrected chi connectivity index (χ0v) is 12.6. The van der Waals surface area contributed by atoms with Crippen molar-refractivity contribution < 1.29 is 18.0 Å². The Morgan fingerprint density at radius 1 is 1.09 bits per heavy atom. The lowest BCUT2D eigenvalue weighted by molar-refractivity contribution is -0.137. The van der Waals surface area contributed by atoms with E-state index in [1.54, 1.807) is 6.07 Å². The number of pyridine rings is 1. The number of halogens is 3. The van der Waals surface area contributed by atoms with Gasteiger partial charge in [0.05, 0.1) is 5.56 Å². The number of alkyl halides is 3. The Kier molecular flexibility index (Phi) is 4.88. The van der Waals surface area contributed by atoms with Crippen molar-refractivity contribution in [1.82, 2.24) is 10.3 Å². The van der Waals surface area contributed by atoms with E-state index in [1.807, 2.05) is 13.8 Å². The third-order valence-corrected chi connectivity index (χ3v) is 2.91. The molecule has 2 N–H and O–H groups in total. The summed E-state index contributed by atoms with van der Waals surface area (Å²) in [5.74, 6) is -0.309. The monoisotopic (exact) mass is 323 g/mol. The maximum absolute atomic E-state index is 12.5. The van der Waals surface area contributed by atoms with Crippen molar-refractivity contribution in [3.63, 3.8) is 0 Å². The van der Waals surface area contributed by atoms with E-state index in [-0.39, 0.29) is 17.6 Å². The molecule has 1 amide bonds. The lowest BCUT2D eigenvalue weighted by Crippen LogP contribution is -2.30. The first kappa shape index (κ1) is 16.8. The van der Waals surface area contributed by atoms with Crippen LogP contribution in [0.3, 0.4) is 0 Å². The minimum atomic E-state index is -4.36. The summed E-state index contributed by atoms with van der Waals surface area (Å²) in [4.78, 5) is 15.9. The Hall–Kier alpha value is -2.57. The third kappa shape index (κ3) is 4.70. The molecule has 1 aromatic carbocycles. The van der Waals surface area contributed by atoms with Crippen molar-refractivity contribution in [2.75, 3.05) is 5.32 Å². The fourth-order valence-electron chi connectivity index (χ4n) is 1.88. The second kappa shape index (κ2) is 6.68. The number of rotatable bonds is 4. The first-order valence-corrected chi connectivity index (χ1v) is 6.97. The maximum atomic E-state index is 12.5. The Morgan fingerprint density at radius 2 is 1.74 bits per heavy atom. The number of amides is 1. The van der Waals surface area contributed by atoms with Gasteiger partial charge in [-0.2, -0.15) is 13.2 Å². The van der Waals surface area contributed by atoms with Crippen molar-refractivity contribution >= 4 is 17.3 Å². The largest absolute Gasteiger partial charge is 0.416 e. The van der Waals surface area contributed by atoms with Gasteiger partial charge in [-0.3, -0.25) is 9.78 Å². The topological polar surface area (TPSA) is 54.0 Å². The molecule has 2 rings (SSSR count). The summed E-state index contributed by atoms with van der Waals surface area (Å²) in [7, 11) is 0. The van der Waals surface area contributed by atoms with E-state index >= 15 is 0 Å². The van der Waals surface area contributed by atoms with Gasteiger partial charge in [0.15, 0.2) is 0 Å². The summed E-state index contributed by atoms with van der Waals surface area (Å²) in [6.07, 6.45) is -2.90. The van der Waals surface area contributed by atoms with E-state index in [9.17, 15) is 18.0 Å². The van der Waals surface area contributed by atoms with Crippen molar-refractivity contribution in [1.29, 1.82) is 0 Å². The van der Waals surface area contributed by atoms with Crippen LogP contribution in [0.5, 0.6) is 0 Å². The van der Waals surface area contributed by atoms with Gasteiger partial charge >= 0.3 is 6.18 Å². The van der Waals surface area contributed by atoms with Crippen molar-refractivity contribution in [2.45, 2.75) is 26.1 Å². The fourth-order valence-corrected chi connectivity index (χ4v) is 1.88. The SMILES string of the molecule is CC(C)NC(=O)c1cc(Nc2ccc(C(F)(F)F)cc2)ccn1. The van der Waals surface area contributed by atoms with Crippen LogP contribution in [0.25, 0.3) is 0 Å². The van der Waals surface area contributed by atoms with E-state index in [0.717, 1.165) is 12.1 Å². The zero-order chi connectivity index (χ0) is 17.0. The van der Waals surface area contributed by atoms with Crippen LogP contribution >= 0.6 is 0 Å². The Bertz CT molecular complexity index is 682. The van der Waals surface area contributed by atoms with Gasteiger partial charge in [0.1, 0.15) is 5.69 Å². The molecule has 0 aliphatic heterocycles. The highest BCUT2D eigenvalue weighted by Gasteiger charge is 2.29. The van der Waals surface area contributed by atoms with Gasteiger partial charge in [0.25, 0.3) is 5.91 Å². The molecule has 122 valence electrons. The number of hydrogen-bond acceptors (Lipinski definition) is 3. The van der Waals surface area contributed by atoms with Crippen molar-refractivity contribution in [3.05, 3.63) is 53.9 Å². The van der Waals surface area contributed by atoms with Gasteiger partial charge in [0.2, 0.25) is 0 Å². The summed E-state index contributed by atoms with van der Waals surface area (Å²) in [6, 6.07) is 7.80. The molecular formula is C16H16F3N3O. The summed E-state index contributed by atoms with van der Waals surface area (Å²) in [5, 5.41) is 5.66. The standard InChI is InChI=1S/C16H16F3N3O/c1-10(2)21-15(23)14-9-13(7-8-20-14)22-12-5-3-11(4-6-12)16(17,18)19/h3-10H,1-2H3,(H,20,22)(H,21,23). The Balaban J connectivity index is 2.13. The van der Waals surface area contributed by atoms with Crippen LogP contribution in [0.1, 0.15) is 29.9 Å². The molecule has 0 radical (unpaired) electrons. The molecule has 2 aromatic rings. The van der Waals surface area contributed by atoms with Crippen LogP contribution in [-0.4, -0.2) is 16.9 Å². The van der Waals surface area contributed by atoms with Gasteiger partial charge in [-0.25, -0.2) is 0 Å². The number of nitrogens with zero attached hydrogens (tertiary/aromatic N) is 1. The van der Waals surface area contributed by atoms with Gasteiger partial charge in [-0.05, 0) is 50.2 Å². The van der Waals surface area contributed by atoms with Gasteiger partial charge in [-0.1, -0.05) is 0 Å². The third-order valence-electron chi connectivity index (χ3n) is 2.91. The van der Waals surface area contributed by atoms with E-state index < -0.39 is 11.7 Å². The lowest BCUT2D eigenvalue weighted by atomic mass is 10.2. The predicted octanol–water partition coefficient (Wildman–Crippen LogP) is 3.98. The molecule has 1 aromatic heterocycles. The number of carbonyl (C=O) groups is 1. The average molecular weight is 323 g/mol. The molecule has 0 saturated carbocycles. The van der Waals surface area contributed by atoms with Gasteiger partial charge in [0, 0.05) is 23.6 Å². The van der Waals surface area contributed by atoms with E-state index in [0.29, 0.717) is 11.4 Å². The van der Waals surface area contributed by atoms with E-state index in [1.165, 1.54) is 24.4 Å². The predicted molar refractivity (Wildman–Crippen MR) is 81.6 cm³/mol. The molecule has 1 heterocycles. The summed E-state index contributed by atoms with van der Waals surface area (Å²) >= 11 is 0. The summed E-state index contributed by atoms with van der Waals surface area (Å²) in [6.45, 7) is 3.67. The van der Waals surface area contributed by atoms with Crippen LogP contribution < -0.4 is 10.6 Å². The molecule has 7 heteroatoms. The van der Waals surface area contributed by atoms with E-state index in [4.69, 9.17) is 0 Å². The smallest absolute Gasteiger partial charge is 0.355 e. The number of benzene rings is 1. The number of hydrogen-bond donors (Lipinski definition) is 2. The second-order valence-electron chi connectivity index (χ2n) is 5.26. The molecule has 0 spiro atoms. The minimum absolute atomic E-state index is 0.0178. The van der Waals surface area contributed by atoms with Crippen molar-refractivity contribution in [2.24, 2.45) is 0 Å². The first-order valence-electron chi connectivity index (χ1n) is 6.97. The van der Waals surface area contributed by atoms with Crippen LogP contribution in [0.15, 0.2) is 42.6 Å². The molecular weight excluding hydrogens is 307 g/mol. The van der Waals surface area contributed by atoms with Crippen LogP contribution in [0.4, 0.5) is 24.5 Å². The molecule has 0 atom stereocenters. The lowest BCUT2D eigenvalue weighted by Gasteiger charge is -2.11. The minimum Gasteiger partial charge on any atom is -0.355 e. The number of anilines is 2. The highest BCUT2D eigenvalue weighted by atomic mass is 19.4. The normalized spacial score (nSPS) is 11.4. The molecule has 0 aliphatic rings. The average Bonchev–Trinajstić information content (AvgIpc) is 2.46. The Morgan fingerprint density at radius 3 is 2.30 bits per heavy atom. The fraction of sp³-hybridized carbons (Fsp3) is 0.250. The molecule has 0 bridgehead atoms. The maximum Gasteiger partial charge on any atom is 0.416 e. The number of carbonyl (C=O) groups excluding carboxylic acids is 1. The molecule has 4 nitrogen and oxygen atoms in total. The van der Waals surface area contributed by atoms with Crippen LogP contribution in [0.2, 0.25) is 0 Å². The molecule has 0 saturated heterocycles. The summed E-state index contributed by atoms with van der Waals surface area (Å²) in [5.41, 5.74) is 0.568. The Labute approximate surface area is 131 Å². The first-order chi connectivity index (χ1) is 10.8. The number of aromatic nitrogens is 1. The number of nitrogens with one attached hydrogen (secondary N) is 2. The van der Waals surface area contributed by atoms with E-state index in [2.05, 4.69) is 15.6 Å². The second-order valence-corrected chi connectivity index (χ2v) is 5.26. The summed E-state index contributed by atoms with van der Waals surface area (Å²) < 4.78 is 37.6. The van der Waals surface area contributed by atoms with Gasteiger partial charge in [-0.15, -0.1) is 0 Å². The van der Waals surface area contributed by atoms with Gasteiger partial charge < -0.3 is 10.6 Å². The quantitative estimate of drug-likeness (QED) is 0.895.